The van der Waals surface area contributed by atoms with Gasteiger partial charge in [0, 0.05) is 12.6 Å². The Labute approximate surface area is 98.2 Å². The maximum Gasteiger partial charge on any atom is 0.224 e. The van der Waals surface area contributed by atoms with E-state index >= 15 is 0 Å². The topological polar surface area (TPSA) is 55.1 Å². The summed E-state index contributed by atoms with van der Waals surface area (Å²) in [6.07, 6.45) is 10.2. The molecule has 1 saturated carbocycles. The van der Waals surface area contributed by atoms with Crippen LogP contribution in [0.2, 0.25) is 0 Å². The average Bonchev–Trinajstić information content (AvgIpc) is 2.57. The molecule has 2 aliphatic rings. The molecule has 1 aliphatic heterocycles. The van der Waals surface area contributed by atoms with Gasteiger partial charge in [-0.25, -0.2) is 0 Å². The predicted molar refractivity (Wildman–Crippen MR) is 64.9 cm³/mol. The molecule has 3 heteroatoms. The Bertz CT molecular complexity index is 234. The number of hydrogen-bond donors (Lipinski definition) is 2. The van der Waals surface area contributed by atoms with Crippen molar-refractivity contribution in [2.24, 2.45) is 17.6 Å². The number of nitrogens with one attached hydrogen (secondary N) is 1. The molecule has 0 aromatic carbocycles. The Kier molecular flexibility index (Phi) is 4.22. The van der Waals surface area contributed by atoms with Crippen LogP contribution in [0.25, 0.3) is 0 Å². The van der Waals surface area contributed by atoms with Crippen LogP contribution in [0.4, 0.5) is 0 Å². The largest absolute Gasteiger partial charge is 0.353 e. The third-order valence-electron chi connectivity index (χ3n) is 4.28. The lowest BCUT2D eigenvalue weighted by Gasteiger charge is -2.33. The summed E-state index contributed by atoms with van der Waals surface area (Å²) in [6, 6.07) is 0.438. The van der Waals surface area contributed by atoms with E-state index in [0.717, 1.165) is 18.8 Å². The molecule has 16 heavy (non-hydrogen) atoms. The van der Waals surface area contributed by atoms with Crippen LogP contribution < -0.4 is 11.1 Å². The van der Waals surface area contributed by atoms with Crippen LogP contribution in [0.5, 0.6) is 0 Å². The van der Waals surface area contributed by atoms with Gasteiger partial charge in [-0.15, -0.1) is 0 Å². The van der Waals surface area contributed by atoms with E-state index in [1.165, 1.54) is 38.5 Å². The maximum absolute atomic E-state index is 11.8. The van der Waals surface area contributed by atoms with Gasteiger partial charge in [-0.1, -0.05) is 25.7 Å². The number of amides is 1. The van der Waals surface area contributed by atoms with E-state index in [0.29, 0.717) is 12.6 Å². The van der Waals surface area contributed by atoms with E-state index < -0.39 is 0 Å². The Balaban J connectivity index is 1.88. The first kappa shape index (κ1) is 11.9. The highest BCUT2D eigenvalue weighted by Gasteiger charge is 2.31. The molecule has 1 amide bonds. The van der Waals surface area contributed by atoms with Crippen LogP contribution in [-0.2, 0) is 4.79 Å². The van der Waals surface area contributed by atoms with Gasteiger partial charge in [0.2, 0.25) is 5.91 Å². The van der Waals surface area contributed by atoms with Crippen molar-refractivity contribution in [1.29, 1.82) is 0 Å². The summed E-state index contributed by atoms with van der Waals surface area (Å²) in [7, 11) is 0. The molecule has 2 fully saturated rings. The predicted octanol–water partition coefficient (Wildman–Crippen LogP) is 1.81. The monoisotopic (exact) mass is 224 g/mol. The zero-order valence-corrected chi connectivity index (χ0v) is 10.1. The van der Waals surface area contributed by atoms with Crippen molar-refractivity contribution in [3.63, 3.8) is 0 Å². The van der Waals surface area contributed by atoms with Crippen LogP contribution in [0.1, 0.15) is 51.4 Å². The summed E-state index contributed by atoms with van der Waals surface area (Å²) >= 11 is 0. The first-order chi connectivity index (χ1) is 7.81. The lowest BCUT2D eigenvalue weighted by atomic mass is 9.83. The molecule has 1 saturated heterocycles. The fourth-order valence-corrected chi connectivity index (χ4v) is 3.18. The second kappa shape index (κ2) is 5.67. The van der Waals surface area contributed by atoms with Crippen LogP contribution in [0.15, 0.2) is 0 Å². The van der Waals surface area contributed by atoms with Crippen molar-refractivity contribution >= 4 is 5.91 Å². The van der Waals surface area contributed by atoms with Gasteiger partial charge in [0.25, 0.3) is 0 Å². The lowest BCUT2D eigenvalue weighted by Crippen LogP contribution is -2.49. The Morgan fingerprint density at radius 1 is 1.06 bits per heavy atom. The zero-order chi connectivity index (χ0) is 11.4. The highest BCUT2D eigenvalue weighted by Crippen LogP contribution is 2.30. The number of hydrogen-bond acceptors (Lipinski definition) is 2. The third-order valence-corrected chi connectivity index (χ3v) is 4.28. The number of carbonyl (C=O) groups is 1. The van der Waals surface area contributed by atoms with Gasteiger partial charge in [0.05, 0.1) is 5.92 Å². The molecule has 0 spiro atoms. The Hall–Kier alpha value is -0.570. The van der Waals surface area contributed by atoms with Gasteiger partial charge < -0.3 is 11.1 Å². The fraction of sp³-hybridized carbons (Fsp3) is 0.923. The standard InChI is InChI=1S/C13H24N2O/c14-9-11-7-8-12(15-13(11)16)10-5-3-1-2-4-6-10/h10-12H,1-9,14H2,(H,15,16). The number of nitrogens with two attached hydrogens (primary N) is 1. The van der Waals surface area contributed by atoms with Gasteiger partial charge in [0.15, 0.2) is 0 Å². The van der Waals surface area contributed by atoms with Crippen molar-refractivity contribution in [3.8, 4) is 0 Å². The molecule has 2 unspecified atom stereocenters. The van der Waals surface area contributed by atoms with Gasteiger partial charge in [-0.05, 0) is 31.6 Å². The molecule has 3 nitrogen and oxygen atoms in total. The number of rotatable bonds is 2. The smallest absolute Gasteiger partial charge is 0.224 e. The summed E-state index contributed by atoms with van der Waals surface area (Å²) in [4.78, 5) is 11.8. The molecule has 0 aromatic rings. The van der Waals surface area contributed by atoms with E-state index in [1.54, 1.807) is 0 Å². The molecule has 0 radical (unpaired) electrons. The zero-order valence-electron chi connectivity index (χ0n) is 10.1. The molecule has 2 rings (SSSR count). The Morgan fingerprint density at radius 2 is 1.75 bits per heavy atom. The fourth-order valence-electron chi connectivity index (χ4n) is 3.18. The molecule has 92 valence electrons. The van der Waals surface area contributed by atoms with Crippen molar-refractivity contribution in [3.05, 3.63) is 0 Å². The van der Waals surface area contributed by atoms with E-state index in [9.17, 15) is 4.79 Å². The molecule has 0 bridgehead atoms. The second-order valence-electron chi connectivity index (χ2n) is 5.38. The average molecular weight is 224 g/mol. The van der Waals surface area contributed by atoms with Crippen molar-refractivity contribution < 1.29 is 4.79 Å². The number of carbonyl (C=O) groups excluding carboxylic acids is 1. The minimum atomic E-state index is 0.0713. The molecule has 2 atom stereocenters. The van der Waals surface area contributed by atoms with E-state index in [2.05, 4.69) is 5.32 Å². The number of piperidine rings is 1. The van der Waals surface area contributed by atoms with E-state index in [1.807, 2.05) is 0 Å². The molecule has 0 aromatic heterocycles. The van der Waals surface area contributed by atoms with Gasteiger partial charge >= 0.3 is 0 Å². The maximum atomic E-state index is 11.8. The Morgan fingerprint density at radius 3 is 2.31 bits per heavy atom. The van der Waals surface area contributed by atoms with Gasteiger partial charge in [-0.3, -0.25) is 4.79 Å². The van der Waals surface area contributed by atoms with Crippen LogP contribution in [0, 0.1) is 11.8 Å². The summed E-state index contributed by atoms with van der Waals surface area (Å²) < 4.78 is 0. The third kappa shape index (κ3) is 2.76. The molecule has 1 aliphatic carbocycles. The normalized spacial score (nSPS) is 33.2. The van der Waals surface area contributed by atoms with Crippen molar-refractivity contribution in [2.45, 2.75) is 57.4 Å². The van der Waals surface area contributed by atoms with E-state index in [4.69, 9.17) is 5.73 Å². The first-order valence-corrected chi connectivity index (χ1v) is 6.81. The summed E-state index contributed by atoms with van der Waals surface area (Å²) in [6.45, 7) is 0.503. The lowest BCUT2D eigenvalue weighted by molar-refractivity contribution is -0.128. The van der Waals surface area contributed by atoms with Crippen molar-refractivity contribution in [1.82, 2.24) is 5.32 Å². The molecular weight excluding hydrogens is 200 g/mol. The van der Waals surface area contributed by atoms with Crippen LogP contribution >= 0.6 is 0 Å². The highest BCUT2D eigenvalue weighted by molar-refractivity contribution is 5.80. The summed E-state index contributed by atoms with van der Waals surface area (Å²) in [5.41, 5.74) is 5.58. The molecule has 1 heterocycles. The highest BCUT2D eigenvalue weighted by atomic mass is 16.2. The minimum Gasteiger partial charge on any atom is -0.353 e. The van der Waals surface area contributed by atoms with Gasteiger partial charge in [-0.2, -0.15) is 0 Å². The molecular formula is C13H24N2O. The SMILES string of the molecule is NCC1CCC(C2CCCCCC2)NC1=O. The van der Waals surface area contributed by atoms with Crippen LogP contribution in [-0.4, -0.2) is 18.5 Å². The summed E-state index contributed by atoms with van der Waals surface area (Å²) in [5.74, 6) is 0.996. The summed E-state index contributed by atoms with van der Waals surface area (Å²) in [5, 5.41) is 3.20. The van der Waals surface area contributed by atoms with E-state index in [-0.39, 0.29) is 11.8 Å². The second-order valence-corrected chi connectivity index (χ2v) is 5.38. The van der Waals surface area contributed by atoms with Crippen molar-refractivity contribution in [2.75, 3.05) is 6.54 Å². The molecule has 3 N–H and O–H groups in total. The van der Waals surface area contributed by atoms with Gasteiger partial charge in [0.1, 0.15) is 0 Å². The first-order valence-electron chi connectivity index (χ1n) is 6.81. The van der Waals surface area contributed by atoms with Crippen LogP contribution in [0.3, 0.4) is 0 Å². The quantitative estimate of drug-likeness (QED) is 0.703. The minimum absolute atomic E-state index is 0.0713.